The Morgan fingerprint density at radius 3 is 1.34 bits per heavy atom. The van der Waals surface area contributed by atoms with E-state index in [1.54, 1.807) is 0 Å². The fraction of sp³-hybridized carbons (Fsp3) is 0.0556. The molecule has 0 amide bonds. The van der Waals surface area contributed by atoms with Crippen LogP contribution in [-0.4, -0.2) is 18.3 Å². The van der Waals surface area contributed by atoms with Gasteiger partial charge in [-0.05, 0) is 82.8 Å². The van der Waals surface area contributed by atoms with E-state index in [4.69, 9.17) is 9.26 Å². The molecular weight excluding hydrogens is 965 g/mol. The van der Waals surface area contributed by atoms with Crippen LogP contribution in [0.15, 0.2) is 229 Å². The fourth-order valence-corrected chi connectivity index (χ4v) is 13.3. The fourth-order valence-electron chi connectivity index (χ4n) is 13.3. The molecule has 5 heterocycles. The first-order valence-electron chi connectivity index (χ1n) is 26.8. The zero-order valence-electron chi connectivity index (χ0n) is 43.5. The van der Waals surface area contributed by atoms with Gasteiger partial charge in [-0.1, -0.05) is 185 Å². The topological polar surface area (TPSA) is 61.0 Å². The van der Waals surface area contributed by atoms with Gasteiger partial charge in [-0.15, -0.1) is 0 Å². The van der Waals surface area contributed by atoms with E-state index in [9.17, 15) is 11.8 Å². The maximum atomic E-state index is 12.7. The zero-order chi connectivity index (χ0) is 52.8. The van der Waals surface area contributed by atoms with Crippen molar-refractivity contribution in [1.82, 2.24) is 18.3 Å². The molecule has 7 heteroatoms. The molecule has 5 aromatic heterocycles. The number of furan rings is 1. The summed E-state index contributed by atoms with van der Waals surface area (Å²) in [5.41, 5.74) is 15.3. The van der Waals surface area contributed by atoms with Crippen LogP contribution in [0.5, 0.6) is 0 Å². The lowest BCUT2D eigenvalue weighted by Crippen LogP contribution is -2.15. The van der Waals surface area contributed by atoms with Crippen LogP contribution in [0, 0.1) is 17.9 Å². The van der Waals surface area contributed by atoms with Gasteiger partial charge in [0.25, 0.3) is 0 Å². The van der Waals surface area contributed by atoms with Crippen molar-refractivity contribution in [3.8, 4) is 39.9 Å². The maximum Gasteiger partial charge on any atom is 0.237 e. The molecule has 0 fully saturated rings. The summed E-state index contributed by atoms with van der Waals surface area (Å²) < 4.78 is 16.1. The summed E-state index contributed by atoms with van der Waals surface area (Å²) in [6.45, 7) is 16.7. The molecule has 0 aliphatic heterocycles. The van der Waals surface area contributed by atoms with Crippen molar-refractivity contribution in [3.63, 3.8) is 0 Å². The summed E-state index contributed by atoms with van der Waals surface area (Å²) in [6.07, 6.45) is 0. The zero-order valence-corrected chi connectivity index (χ0v) is 43.5. The molecule has 0 saturated carbocycles. The lowest BCUT2D eigenvalue weighted by atomic mass is 9.82. The smallest absolute Gasteiger partial charge is 0.237 e. The van der Waals surface area contributed by atoms with Crippen LogP contribution in [0.25, 0.3) is 148 Å². The molecule has 0 spiro atoms. The molecule has 0 unspecified atom stereocenters. The molecule has 79 heavy (non-hydrogen) atoms. The predicted octanol–water partition coefficient (Wildman–Crippen LogP) is 19.4. The number of hydrogen-bond acceptors (Lipinski definition) is 2. The summed E-state index contributed by atoms with van der Waals surface area (Å²) >= 11 is 0. The molecule has 0 atom stereocenters. The average Bonchev–Trinajstić information content (AvgIpc) is 4.39. The van der Waals surface area contributed by atoms with Gasteiger partial charge in [0.05, 0.1) is 84.4 Å². The first kappa shape index (κ1) is 44.7. The van der Waals surface area contributed by atoms with E-state index in [2.05, 4.69) is 245 Å². The van der Waals surface area contributed by atoms with Crippen LogP contribution < -0.4 is 0 Å². The number of nitriles is 1. The number of hydrogen-bond donors (Lipinski definition) is 0. The van der Waals surface area contributed by atoms with Gasteiger partial charge in [0, 0.05) is 48.5 Å². The van der Waals surface area contributed by atoms with Crippen LogP contribution in [0.3, 0.4) is 0 Å². The third kappa shape index (κ3) is 6.10. The van der Waals surface area contributed by atoms with Gasteiger partial charge in [0.15, 0.2) is 0 Å². The maximum absolute atomic E-state index is 12.7. The Kier molecular flexibility index (Phi) is 9.30. The van der Waals surface area contributed by atoms with Gasteiger partial charge < -0.3 is 22.7 Å². The Bertz CT molecular complexity index is 5090. The SMILES string of the molecule is [C-]#[N+]c1c(-n2c3ccccc3c3ccccc32)c(C#N)c(-n2c3ccccc3c3ccccc32)c(-n2c3cc(-c4ccccc4C(C)(C)C)ccc3c3ccc4oc5ccccc5c4c32)c1-n1c2ccccc2c2ccccc21. The Balaban J connectivity index is 1.25. The van der Waals surface area contributed by atoms with Crippen molar-refractivity contribution in [1.29, 1.82) is 5.26 Å². The van der Waals surface area contributed by atoms with E-state index < -0.39 is 0 Å². The van der Waals surface area contributed by atoms with Gasteiger partial charge in [-0.25, -0.2) is 4.85 Å². The Morgan fingerprint density at radius 1 is 0.405 bits per heavy atom. The van der Waals surface area contributed by atoms with Crippen LogP contribution in [0.4, 0.5) is 5.69 Å². The van der Waals surface area contributed by atoms with Gasteiger partial charge in [-0.2, -0.15) is 5.26 Å². The lowest BCUT2D eigenvalue weighted by molar-refractivity contribution is 0.592. The summed E-state index contributed by atoms with van der Waals surface area (Å²) in [6, 6.07) is 81.9. The monoisotopic (exact) mass is 1010 g/mol. The first-order valence-corrected chi connectivity index (χ1v) is 26.8. The molecule has 11 aromatic carbocycles. The number of benzene rings is 11. The number of rotatable bonds is 5. The molecule has 370 valence electrons. The van der Waals surface area contributed by atoms with Gasteiger partial charge >= 0.3 is 0 Å². The van der Waals surface area contributed by atoms with E-state index in [1.165, 1.54) is 5.56 Å². The largest absolute Gasteiger partial charge is 0.456 e. The van der Waals surface area contributed by atoms with E-state index in [0.717, 1.165) is 120 Å². The Labute approximate surface area is 453 Å². The van der Waals surface area contributed by atoms with E-state index in [0.29, 0.717) is 34.0 Å². The standard InChI is InChI=1S/C72H46N6O/c1-72(2,3)55-29-13-5-21-44(55)43-37-38-51-52-39-40-64-65(53-28-12-20-36-63(53)79-64)67(52)78(62(51)41-43)71-69(76-58-32-16-8-24-47(58)48-25-9-17-33-59(48)76)54(42-73)68(75-56-30-14-6-22-45(56)46-23-7-15-31-57(46)75)66(74-4)70(71)77-60-34-18-10-26-49(60)50-27-11-19-35-61(50)77/h5-41H,1-3H3. The highest BCUT2D eigenvalue weighted by molar-refractivity contribution is 6.26. The second kappa shape index (κ2) is 16.5. The Hall–Kier alpha value is -10.6. The number of fused-ring (bicyclic) bond motifs is 16. The minimum absolute atomic E-state index is 0.164. The second-order valence-electron chi connectivity index (χ2n) is 21.7. The van der Waals surface area contributed by atoms with E-state index in [-0.39, 0.29) is 5.41 Å². The third-order valence-corrected chi connectivity index (χ3v) is 16.5. The first-order chi connectivity index (χ1) is 38.8. The molecule has 0 aliphatic rings. The Morgan fingerprint density at radius 2 is 0.835 bits per heavy atom. The molecule has 0 bridgehead atoms. The number of para-hydroxylation sites is 7. The van der Waals surface area contributed by atoms with Crippen molar-refractivity contribution in [2.24, 2.45) is 0 Å². The van der Waals surface area contributed by atoms with Crippen molar-refractivity contribution < 1.29 is 4.42 Å². The van der Waals surface area contributed by atoms with E-state index >= 15 is 0 Å². The average molecular weight is 1010 g/mol. The van der Waals surface area contributed by atoms with Crippen LogP contribution in [-0.2, 0) is 5.41 Å². The molecule has 0 saturated heterocycles. The minimum Gasteiger partial charge on any atom is -0.456 e. The molecule has 7 nitrogen and oxygen atoms in total. The summed E-state index contributed by atoms with van der Waals surface area (Å²) in [5.74, 6) is 0. The van der Waals surface area contributed by atoms with E-state index in [1.807, 2.05) is 24.3 Å². The molecule has 16 rings (SSSR count). The molecule has 0 aliphatic carbocycles. The molecular formula is C72H46N6O. The third-order valence-electron chi connectivity index (χ3n) is 16.5. The summed E-state index contributed by atoms with van der Waals surface area (Å²) in [7, 11) is 0. The highest BCUT2D eigenvalue weighted by atomic mass is 16.3. The van der Waals surface area contributed by atoms with Crippen molar-refractivity contribution in [2.75, 3.05) is 0 Å². The lowest BCUT2D eigenvalue weighted by Gasteiger charge is -2.27. The second-order valence-corrected chi connectivity index (χ2v) is 21.7. The quantitative estimate of drug-likeness (QED) is 0.161. The van der Waals surface area contributed by atoms with Crippen molar-refractivity contribution >= 4 is 115 Å². The molecule has 0 radical (unpaired) electrons. The highest BCUT2D eigenvalue weighted by Gasteiger charge is 2.35. The number of aromatic nitrogens is 4. The summed E-state index contributed by atoms with van der Waals surface area (Å²) in [4.78, 5) is 4.82. The van der Waals surface area contributed by atoms with Gasteiger partial charge in [0.2, 0.25) is 5.69 Å². The highest BCUT2D eigenvalue weighted by Crippen LogP contribution is 2.53. The summed E-state index contributed by atoms with van der Waals surface area (Å²) in [5, 5.41) is 22.9. The van der Waals surface area contributed by atoms with Crippen LogP contribution >= 0.6 is 0 Å². The molecule has 0 N–H and O–H groups in total. The molecule has 16 aromatic rings. The predicted molar refractivity (Wildman–Crippen MR) is 326 cm³/mol. The minimum atomic E-state index is -0.164. The van der Waals surface area contributed by atoms with Crippen molar-refractivity contribution in [2.45, 2.75) is 26.2 Å². The van der Waals surface area contributed by atoms with Gasteiger partial charge in [-0.3, -0.25) is 0 Å². The number of nitrogens with zero attached hydrogens (tertiary/aromatic N) is 6. The van der Waals surface area contributed by atoms with Crippen LogP contribution in [0.1, 0.15) is 31.9 Å². The van der Waals surface area contributed by atoms with Crippen LogP contribution in [0.2, 0.25) is 0 Å². The van der Waals surface area contributed by atoms with Crippen molar-refractivity contribution in [3.05, 3.63) is 247 Å². The van der Waals surface area contributed by atoms with Gasteiger partial charge in [0.1, 0.15) is 17.2 Å². The normalized spacial score (nSPS) is 12.2.